The Morgan fingerprint density at radius 1 is 0.778 bits per heavy atom. The van der Waals surface area contributed by atoms with E-state index < -0.39 is 0 Å². The van der Waals surface area contributed by atoms with Crippen LogP contribution in [0.5, 0.6) is 0 Å². The molecule has 0 heterocycles. The number of rotatable bonds is 0. The second-order valence-electron chi connectivity index (χ2n) is 0. The molecule has 9 heteroatoms. The fourth-order valence-electron chi connectivity index (χ4n) is 0. The first-order valence-corrected chi connectivity index (χ1v) is 1.04. The molecule has 0 bridgehead atoms. The van der Waals surface area contributed by atoms with Crippen LogP contribution in [-0.4, -0.2) is 34.7 Å². The first kappa shape index (κ1) is 76.2. The molecule has 0 aromatic rings. The standard InChI is InChI=1S/2Al.Cu.Ni.5O/q2*+3;;;;;3*-2. The van der Waals surface area contributed by atoms with Crippen molar-refractivity contribution in [1.82, 2.24) is 0 Å². The van der Waals surface area contributed by atoms with Gasteiger partial charge in [0.15, 0.2) is 0 Å². The normalized spacial score (nSPS) is 1.33. The van der Waals surface area contributed by atoms with Crippen molar-refractivity contribution in [3.63, 3.8) is 0 Å². The molecule has 0 aromatic heterocycles. The van der Waals surface area contributed by atoms with Crippen molar-refractivity contribution >= 4 is 34.7 Å². The van der Waals surface area contributed by atoms with Gasteiger partial charge in [-0.1, -0.05) is 0 Å². The summed E-state index contributed by atoms with van der Waals surface area (Å²) in [7, 11) is 0. The Bertz CT molecular complexity index is 16.9. The summed E-state index contributed by atoms with van der Waals surface area (Å²) in [6.45, 7) is 0. The fourth-order valence-corrected chi connectivity index (χ4v) is 0. The molecule has 0 saturated heterocycles. The van der Waals surface area contributed by atoms with Crippen molar-refractivity contribution in [2.24, 2.45) is 0 Å². The molecule has 0 amide bonds. The third-order valence-corrected chi connectivity index (χ3v) is 0. The second kappa shape index (κ2) is 288. The SMILES string of the molecule is [Al+3].[Al+3].[O-2].[O-2].[O-2].[O]=[Cu].[O]=[Ni]. The minimum absolute atomic E-state index is 0. The molecule has 0 unspecified atom stereocenters. The van der Waals surface area contributed by atoms with Crippen LogP contribution < -0.4 is 0 Å². The van der Waals surface area contributed by atoms with Gasteiger partial charge in [0.05, 0.1) is 0 Å². The summed E-state index contributed by atoms with van der Waals surface area (Å²) in [5.41, 5.74) is 0. The Hall–Kier alpha value is 1.56. The topological polar surface area (TPSA) is 120 Å². The molecule has 0 aromatic carbocycles. The van der Waals surface area contributed by atoms with Gasteiger partial charge in [0, 0.05) is 0 Å². The molecular formula is Al2CuNiO5. The molecule has 0 aliphatic rings. The summed E-state index contributed by atoms with van der Waals surface area (Å²) < 4.78 is 15.7. The Balaban J connectivity index is -0.00000000114. The summed E-state index contributed by atoms with van der Waals surface area (Å²) in [4.78, 5) is 0. The average molecular weight is 256 g/mol. The second-order valence-corrected chi connectivity index (χ2v) is 0. The summed E-state index contributed by atoms with van der Waals surface area (Å²) in [5.74, 6) is 0. The summed E-state index contributed by atoms with van der Waals surface area (Å²) in [6, 6.07) is 0. The molecule has 0 radical (unpaired) electrons. The number of hydrogen-bond donors (Lipinski definition) is 0. The first-order valence-electron chi connectivity index (χ1n) is 0.252. The predicted molar refractivity (Wildman–Crippen MR) is 14.9 cm³/mol. The summed E-state index contributed by atoms with van der Waals surface area (Å²) in [5, 5.41) is 0. The van der Waals surface area contributed by atoms with Gasteiger partial charge in [-0.2, -0.15) is 0 Å². The van der Waals surface area contributed by atoms with Gasteiger partial charge < -0.3 is 16.4 Å². The molecule has 0 spiro atoms. The van der Waals surface area contributed by atoms with Crippen LogP contribution in [0.25, 0.3) is 0 Å². The van der Waals surface area contributed by atoms with Crippen LogP contribution in [0.2, 0.25) is 0 Å². The van der Waals surface area contributed by atoms with Crippen LogP contribution in [0.1, 0.15) is 0 Å². The van der Waals surface area contributed by atoms with E-state index in [4.69, 9.17) is 7.73 Å². The molecule has 57 valence electrons. The summed E-state index contributed by atoms with van der Waals surface area (Å²) >= 11 is 5.56. The minimum atomic E-state index is 0. The monoisotopic (exact) mass is 255 g/mol. The van der Waals surface area contributed by atoms with E-state index in [1.54, 1.807) is 0 Å². The summed E-state index contributed by atoms with van der Waals surface area (Å²) in [6.07, 6.45) is 0. The third kappa shape index (κ3) is 225. The molecule has 5 nitrogen and oxygen atoms in total. The zero-order chi connectivity index (χ0) is 4.00. The number of hydrogen-bond acceptors (Lipinski definition) is 2. The van der Waals surface area contributed by atoms with E-state index in [1.165, 1.54) is 0 Å². The molecular weight excluding hydrogens is 256 g/mol. The van der Waals surface area contributed by atoms with E-state index in [0.717, 1.165) is 0 Å². The van der Waals surface area contributed by atoms with E-state index in [-0.39, 0.29) is 51.2 Å². The van der Waals surface area contributed by atoms with Gasteiger partial charge >= 0.3 is 73.8 Å². The van der Waals surface area contributed by atoms with Crippen molar-refractivity contribution in [3.05, 3.63) is 0 Å². The van der Waals surface area contributed by atoms with Crippen LogP contribution in [0.4, 0.5) is 0 Å². The van der Waals surface area contributed by atoms with E-state index in [9.17, 15) is 0 Å². The molecule has 0 rings (SSSR count). The van der Waals surface area contributed by atoms with Crippen molar-refractivity contribution in [2.75, 3.05) is 0 Å². The molecule has 0 atom stereocenters. The van der Waals surface area contributed by atoms with Gasteiger partial charge in [0.1, 0.15) is 0 Å². The Morgan fingerprint density at radius 3 is 0.778 bits per heavy atom. The molecule has 9 heavy (non-hydrogen) atoms. The van der Waals surface area contributed by atoms with Crippen molar-refractivity contribution in [1.29, 1.82) is 0 Å². The van der Waals surface area contributed by atoms with Crippen LogP contribution in [0.15, 0.2) is 0 Å². The van der Waals surface area contributed by atoms with Crippen LogP contribution in [-0.2, 0) is 55.5 Å². The van der Waals surface area contributed by atoms with Gasteiger partial charge in [0.2, 0.25) is 0 Å². The maximum atomic E-state index is 7.88. The predicted octanol–water partition coefficient (Wildman–Crippen LogP) is -1.36. The average Bonchev–Trinajstić information content (AvgIpc) is 1.50. The van der Waals surface area contributed by atoms with Gasteiger partial charge in [0.25, 0.3) is 0 Å². The van der Waals surface area contributed by atoms with Gasteiger partial charge in [-0.05, 0) is 0 Å². The zero-order valence-corrected chi connectivity index (χ0v) is 8.05. The maximum absolute atomic E-state index is 7.88. The van der Waals surface area contributed by atoms with E-state index in [1.807, 2.05) is 0 Å². The molecule has 0 fully saturated rings. The van der Waals surface area contributed by atoms with Crippen LogP contribution >= 0.6 is 0 Å². The zero-order valence-electron chi connectivity index (χ0n) is 3.81. The Morgan fingerprint density at radius 2 is 0.778 bits per heavy atom. The molecule has 0 N–H and O–H groups in total. The van der Waals surface area contributed by atoms with Crippen molar-refractivity contribution in [3.8, 4) is 0 Å². The van der Waals surface area contributed by atoms with Crippen molar-refractivity contribution < 1.29 is 55.5 Å². The van der Waals surface area contributed by atoms with Gasteiger partial charge in [-0.25, -0.2) is 0 Å². The third-order valence-electron chi connectivity index (χ3n) is 0. The van der Waals surface area contributed by atoms with Crippen LogP contribution in [0, 0.1) is 0 Å². The van der Waals surface area contributed by atoms with E-state index in [0.29, 0.717) is 0 Å². The van der Waals surface area contributed by atoms with Crippen LogP contribution in [0.3, 0.4) is 0 Å². The molecule has 0 aliphatic carbocycles. The van der Waals surface area contributed by atoms with Gasteiger partial charge in [-0.15, -0.1) is 0 Å². The molecule has 0 saturated carbocycles. The Kier molecular flexibility index (Phi) is 2440. The first-order chi connectivity index (χ1) is 2.00. The van der Waals surface area contributed by atoms with Gasteiger partial charge in [-0.3, -0.25) is 0 Å². The Labute approximate surface area is 89.7 Å². The van der Waals surface area contributed by atoms with E-state index in [2.05, 4.69) is 31.3 Å². The fraction of sp³-hybridized carbons (Fsp3) is 0. The van der Waals surface area contributed by atoms with Crippen molar-refractivity contribution in [2.45, 2.75) is 0 Å². The quantitative estimate of drug-likeness (QED) is 0.497. The molecule has 0 aliphatic heterocycles. The van der Waals surface area contributed by atoms with E-state index >= 15 is 0 Å².